The first-order chi connectivity index (χ1) is 8.97. The topological polar surface area (TPSA) is 43.1 Å². The summed E-state index contributed by atoms with van der Waals surface area (Å²) in [7, 11) is -1.42. The van der Waals surface area contributed by atoms with E-state index in [1.54, 1.807) is 18.2 Å². The number of benzene rings is 2. The average molecular weight is 346 g/mol. The van der Waals surface area contributed by atoms with Gasteiger partial charge in [0.05, 0.1) is 21.4 Å². The fourth-order valence-corrected chi connectivity index (χ4v) is 3.30. The maximum Gasteiger partial charge on any atom is 0.159 e. The largest absolute Gasteiger partial charge is 0.398 e. The van der Waals surface area contributed by atoms with Crippen molar-refractivity contribution in [2.24, 2.45) is 0 Å². The minimum Gasteiger partial charge on any atom is -0.398 e. The summed E-state index contributed by atoms with van der Waals surface area (Å²) in [4.78, 5) is 0.471. The highest BCUT2D eigenvalue weighted by Gasteiger charge is 2.11. The molecular formula is C13H10BrF2NOS. The van der Waals surface area contributed by atoms with Gasteiger partial charge in [-0.1, -0.05) is 22.0 Å². The van der Waals surface area contributed by atoms with Gasteiger partial charge in [0.25, 0.3) is 0 Å². The number of nitrogens with two attached hydrogens (primary N) is 1. The number of nitrogen functional groups attached to an aromatic ring is 1. The third kappa shape index (κ3) is 3.39. The van der Waals surface area contributed by atoms with E-state index in [1.807, 2.05) is 0 Å². The molecule has 6 heteroatoms. The maximum atomic E-state index is 13.1. The molecule has 2 rings (SSSR count). The third-order valence-electron chi connectivity index (χ3n) is 2.50. The molecule has 2 nitrogen and oxygen atoms in total. The molecule has 2 N–H and O–H groups in total. The Morgan fingerprint density at radius 3 is 2.53 bits per heavy atom. The molecule has 2 aromatic rings. The van der Waals surface area contributed by atoms with Crippen molar-refractivity contribution in [2.45, 2.75) is 10.6 Å². The van der Waals surface area contributed by atoms with Crippen molar-refractivity contribution >= 4 is 32.4 Å². The van der Waals surface area contributed by atoms with E-state index < -0.39 is 22.4 Å². The van der Waals surface area contributed by atoms with E-state index in [1.165, 1.54) is 6.07 Å². The third-order valence-corrected chi connectivity index (χ3v) is 4.44. The number of halogens is 3. The Morgan fingerprint density at radius 2 is 1.84 bits per heavy atom. The Labute approximate surface area is 120 Å². The number of anilines is 1. The van der Waals surface area contributed by atoms with Gasteiger partial charge in [-0.15, -0.1) is 0 Å². The summed E-state index contributed by atoms with van der Waals surface area (Å²) in [5, 5.41) is 0. The van der Waals surface area contributed by atoms with Crippen molar-refractivity contribution < 1.29 is 13.0 Å². The minimum atomic E-state index is -1.42. The molecule has 0 radical (unpaired) electrons. The van der Waals surface area contributed by atoms with Crippen LogP contribution in [0.15, 0.2) is 45.8 Å². The lowest BCUT2D eigenvalue weighted by Crippen LogP contribution is -2.01. The van der Waals surface area contributed by atoms with Gasteiger partial charge in [-0.05, 0) is 35.9 Å². The van der Waals surface area contributed by atoms with Crippen molar-refractivity contribution in [3.63, 3.8) is 0 Å². The zero-order valence-electron chi connectivity index (χ0n) is 9.70. The molecular weight excluding hydrogens is 336 g/mol. The SMILES string of the molecule is Nc1ccc(Br)cc1S(=O)Cc1ccc(F)c(F)c1. The van der Waals surface area contributed by atoms with Gasteiger partial charge in [-0.2, -0.15) is 0 Å². The second-order valence-electron chi connectivity index (χ2n) is 3.92. The summed E-state index contributed by atoms with van der Waals surface area (Å²) >= 11 is 3.27. The molecule has 19 heavy (non-hydrogen) atoms. The van der Waals surface area contributed by atoms with Gasteiger partial charge >= 0.3 is 0 Å². The lowest BCUT2D eigenvalue weighted by Gasteiger charge is -2.07. The second kappa shape index (κ2) is 5.79. The molecule has 1 atom stereocenters. The first-order valence-corrected chi connectivity index (χ1v) is 7.46. The smallest absolute Gasteiger partial charge is 0.159 e. The predicted octanol–water partition coefficient (Wildman–Crippen LogP) is 3.62. The highest BCUT2D eigenvalue weighted by atomic mass is 79.9. The summed E-state index contributed by atoms with van der Waals surface area (Å²) in [6, 6.07) is 8.51. The first-order valence-electron chi connectivity index (χ1n) is 5.34. The second-order valence-corrected chi connectivity index (χ2v) is 6.26. The van der Waals surface area contributed by atoms with Crippen LogP contribution < -0.4 is 5.73 Å². The summed E-state index contributed by atoms with van der Waals surface area (Å²) < 4.78 is 38.8. The van der Waals surface area contributed by atoms with Crippen LogP contribution in [-0.2, 0) is 16.6 Å². The summed E-state index contributed by atoms with van der Waals surface area (Å²) in [5.74, 6) is -1.79. The van der Waals surface area contributed by atoms with Gasteiger partial charge in [-0.25, -0.2) is 8.78 Å². The zero-order chi connectivity index (χ0) is 14.0. The lowest BCUT2D eigenvalue weighted by molar-refractivity contribution is 0.507. The standard InChI is InChI=1S/C13H10BrF2NOS/c14-9-2-4-12(17)13(6-9)19(18)7-8-1-3-10(15)11(16)5-8/h1-6H,7,17H2. The quantitative estimate of drug-likeness (QED) is 0.863. The normalized spacial score (nSPS) is 12.4. The van der Waals surface area contributed by atoms with E-state index in [-0.39, 0.29) is 5.75 Å². The lowest BCUT2D eigenvalue weighted by atomic mass is 10.2. The van der Waals surface area contributed by atoms with Crippen LogP contribution in [0.3, 0.4) is 0 Å². The Hall–Kier alpha value is -1.27. The molecule has 0 aliphatic carbocycles. The number of hydrogen-bond acceptors (Lipinski definition) is 2. The summed E-state index contributed by atoms with van der Waals surface area (Å²) in [6.45, 7) is 0. The van der Waals surface area contributed by atoms with Crippen molar-refractivity contribution in [1.82, 2.24) is 0 Å². The van der Waals surface area contributed by atoms with Crippen molar-refractivity contribution in [3.05, 3.63) is 58.1 Å². The van der Waals surface area contributed by atoms with Crippen LogP contribution >= 0.6 is 15.9 Å². The zero-order valence-corrected chi connectivity index (χ0v) is 12.1. The number of hydrogen-bond donors (Lipinski definition) is 1. The van der Waals surface area contributed by atoms with Crippen LogP contribution in [0, 0.1) is 11.6 Å². The van der Waals surface area contributed by atoms with Gasteiger partial charge in [0.2, 0.25) is 0 Å². The molecule has 0 spiro atoms. The molecule has 0 saturated heterocycles. The summed E-state index contributed by atoms with van der Waals surface area (Å²) in [5.41, 5.74) is 6.61. The average Bonchev–Trinajstić information content (AvgIpc) is 2.36. The fraction of sp³-hybridized carbons (Fsp3) is 0.0769. The molecule has 0 heterocycles. The molecule has 0 aromatic heterocycles. The molecule has 0 aliphatic rings. The van der Waals surface area contributed by atoms with Crippen molar-refractivity contribution in [3.8, 4) is 0 Å². The van der Waals surface area contributed by atoms with E-state index in [0.717, 1.165) is 16.6 Å². The van der Waals surface area contributed by atoms with Gasteiger partial charge in [0.1, 0.15) is 0 Å². The van der Waals surface area contributed by atoms with Gasteiger partial charge in [0.15, 0.2) is 11.6 Å². The molecule has 1 unspecified atom stereocenters. The van der Waals surface area contributed by atoms with Gasteiger partial charge < -0.3 is 5.73 Å². The summed E-state index contributed by atoms with van der Waals surface area (Å²) in [6.07, 6.45) is 0. The monoisotopic (exact) mass is 345 g/mol. The highest BCUT2D eigenvalue weighted by Crippen LogP contribution is 2.24. The fourth-order valence-electron chi connectivity index (χ4n) is 1.56. The van der Waals surface area contributed by atoms with E-state index in [4.69, 9.17) is 5.73 Å². The van der Waals surface area contributed by atoms with Crippen LogP contribution in [0.4, 0.5) is 14.5 Å². The van der Waals surface area contributed by atoms with E-state index in [0.29, 0.717) is 16.1 Å². The molecule has 0 aliphatic heterocycles. The van der Waals surface area contributed by atoms with Crippen LogP contribution in [-0.4, -0.2) is 4.21 Å². The molecule has 2 aromatic carbocycles. The van der Waals surface area contributed by atoms with E-state index >= 15 is 0 Å². The van der Waals surface area contributed by atoms with Gasteiger partial charge in [0, 0.05) is 10.2 Å². The predicted molar refractivity (Wildman–Crippen MR) is 75.0 cm³/mol. The molecule has 0 amide bonds. The maximum absolute atomic E-state index is 13.1. The first kappa shape index (κ1) is 14.1. The highest BCUT2D eigenvalue weighted by molar-refractivity contribution is 9.10. The Balaban J connectivity index is 2.25. The minimum absolute atomic E-state index is 0.0812. The van der Waals surface area contributed by atoms with E-state index in [2.05, 4.69) is 15.9 Å². The van der Waals surface area contributed by atoms with Crippen LogP contribution in [0.2, 0.25) is 0 Å². The molecule has 0 saturated carbocycles. The van der Waals surface area contributed by atoms with Crippen LogP contribution in [0.1, 0.15) is 5.56 Å². The van der Waals surface area contributed by atoms with Crippen molar-refractivity contribution in [2.75, 3.05) is 5.73 Å². The van der Waals surface area contributed by atoms with Crippen LogP contribution in [0.25, 0.3) is 0 Å². The molecule has 0 bridgehead atoms. The molecule has 0 fully saturated rings. The molecule has 100 valence electrons. The Kier molecular flexibility index (Phi) is 4.31. The van der Waals surface area contributed by atoms with Gasteiger partial charge in [-0.3, -0.25) is 4.21 Å². The number of rotatable bonds is 3. The Morgan fingerprint density at radius 1 is 1.11 bits per heavy atom. The van der Waals surface area contributed by atoms with E-state index in [9.17, 15) is 13.0 Å². The van der Waals surface area contributed by atoms with Crippen molar-refractivity contribution in [1.29, 1.82) is 0 Å². The Bertz CT molecular complexity index is 649. The van der Waals surface area contributed by atoms with Crippen LogP contribution in [0.5, 0.6) is 0 Å².